The van der Waals surface area contributed by atoms with Gasteiger partial charge in [0, 0.05) is 5.92 Å². The van der Waals surface area contributed by atoms with Crippen LogP contribution in [-0.2, 0) is 0 Å². The molecule has 1 unspecified atom stereocenters. The number of nitriles is 1. The lowest BCUT2D eigenvalue weighted by Crippen LogP contribution is -2.27. The van der Waals surface area contributed by atoms with Gasteiger partial charge >= 0.3 is 0 Å². The Morgan fingerprint density at radius 1 is 0.864 bits per heavy atom. The summed E-state index contributed by atoms with van der Waals surface area (Å²) in [5, 5.41) is 9.04. The lowest BCUT2D eigenvalue weighted by atomic mass is 9.67. The minimum atomic E-state index is 0.371. The Kier molecular flexibility index (Phi) is 7.77. The lowest BCUT2D eigenvalue weighted by molar-refractivity contribution is 0.133. The predicted octanol–water partition coefficient (Wildman–Crippen LogP) is 6.73. The molecule has 0 aromatic carbocycles. The number of hydrogen-bond acceptors (Lipinski definition) is 1. The maximum absolute atomic E-state index is 9.04. The molecule has 0 N–H and O–H groups in total. The zero-order valence-electron chi connectivity index (χ0n) is 15.0. The molecule has 2 fully saturated rings. The van der Waals surface area contributed by atoms with Crippen molar-refractivity contribution in [2.45, 2.75) is 97.3 Å². The molecule has 2 saturated carbocycles. The molecule has 0 aromatic heterocycles. The van der Waals surface area contributed by atoms with E-state index in [1.165, 1.54) is 83.5 Å². The molecule has 1 atom stereocenters. The first-order valence-electron chi connectivity index (χ1n) is 10.1. The normalized spacial score (nSPS) is 34.0. The maximum Gasteiger partial charge on any atom is 0.0655 e. The maximum atomic E-state index is 9.04. The smallest absolute Gasteiger partial charge is 0.0655 e. The quantitative estimate of drug-likeness (QED) is 0.478. The third-order valence-electron chi connectivity index (χ3n) is 6.76. The molecule has 2 aliphatic carbocycles. The SMILES string of the molecule is CCCCCCC(C)C1CCC(C2CCC(C#N)CC2)CC1. The van der Waals surface area contributed by atoms with E-state index in [1.54, 1.807) is 0 Å². The minimum absolute atomic E-state index is 0.371. The van der Waals surface area contributed by atoms with Crippen molar-refractivity contribution in [3.63, 3.8) is 0 Å². The number of hydrogen-bond donors (Lipinski definition) is 0. The van der Waals surface area contributed by atoms with Crippen LogP contribution < -0.4 is 0 Å². The molecule has 2 aliphatic rings. The van der Waals surface area contributed by atoms with Crippen LogP contribution in [0.5, 0.6) is 0 Å². The average Bonchev–Trinajstić information content (AvgIpc) is 2.59. The Bertz CT molecular complexity index is 326. The Balaban J connectivity index is 1.64. The van der Waals surface area contributed by atoms with E-state index in [0.29, 0.717) is 5.92 Å². The molecule has 1 nitrogen and oxygen atoms in total. The van der Waals surface area contributed by atoms with Gasteiger partial charge in [0.05, 0.1) is 6.07 Å². The topological polar surface area (TPSA) is 23.8 Å². The van der Waals surface area contributed by atoms with Crippen LogP contribution in [0.1, 0.15) is 97.3 Å². The highest BCUT2D eigenvalue weighted by Crippen LogP contribution is 2.43. The summed E-state index contributed by atoms with van der Waals surface area (Å²) in [5.74, 6) is 4.27. The number of rotatable bonds is 7. The first kappa shape index (κ1) is 17.8. The van der Waals surface area contributed by atoms with Crippen molar-refractivity contribution >= 4 is 0 Å². The van der Waals surface area contributed by atoms with Crippen LogP contribution in [0, 0.1) is 40.9 Å². The number of nitrogens with zero attached hydrogens (tertiary/aromatic N) is 1. The van der Waals surface area contributed by atoms with Crippen molar-refractivity contribution in [3.05, 3.63) is 0 Å². The van der Waals surface area contributed by atoms with Gasteiger partial charge in [-0.05, 0) is 75.0 Å². The molecule has 0 saturated heterocycles. The minimum Gasteiger partial charge on any atom is -0.198 e. The summed E-state index contributed by atoms with van der Waals surface area (Å²) in [6.07, 6.45) is 18.1. The first-order valence-corrected chi connectivity index (χ1v) is 10.1. The second-order valence-corrected chi connectivity index (χ2v) is 8.24. The fourth-order valence-corrected chi connectivity index (χ4v) is 5.03. The molecule has 0 bridgehead atoms. The molecule has 0 radical (unpaired) electrons. The van der Waals surface area contributed by atoms with Gasteiger partial charge in [-0.15, -0.1) is 0 Å². The van der Waals surface area contributed by atoms with Gasteiger partial charge in [0.25, 0.3) is 0 Å². The summed E-state index contributed by atoms with van der Waals surface area (Å²) in [4.78, 5) is 0. The van der Waals surface area contributed by atoms with E-state index in [9.17, 15) is 0 Å². The van der Waals surface area contributed by atoms with E-state index in [2.05, 4.69) is 19.9 Å². The van der Waals surface area contributed by atoms with E-state index in [0.717, 1.165) is 23.7 Å². The van der Waals surface area contributed by atoms with Crippen molar-refractivity contribution in [1.82, 2.24) is 0 Å². The zero-order chi connectivity index (χ0) is 15.8. The van der Waals surface area contributed by atoms with Crippen molar-refractivity contribution in [1.29, 1.82) is 5.26 Å². The summed E-state index contributed by atoms with van der Waals surface area (Å²) in [6.45, 7) is 4.81. The average molecular weight is 304 g/mol. The fourth-order valence-electron chi connectivity index (χ4n) is 5.03. The van der Waals surface area contributed by atoms with Gasteiger partial charge in [0.15, 0.2) is 0 Å². The second-order valence-electron chi connectivity index (χ2n) is 8.24. The van der Waals surface area contributed by atoms with Gasteiger partial charge in [-0.3, -0.25) is 0 Å². The highest BCUT2D eigenvalue weighted by atomic mass is 14.4. The lowest BCUT2D eigenvalue weighted by Gasteiger charge is -2.38. The van der Waals surface area contributed by atoms with Crippen molar-refractivity contribution in [3.8, 4) is 6.07 Å². The van der Waals surface area contributed by atoms with Crippen molar-refractivity contribution in [2.24, 2.45) is 29.6 Å². The van der Waals surface area contributed by atoms with Crippen LogP contribution in [0.3, 0.4) is 0 Å². The monoisotopic (exact) mass is 303 g/mol. The molecular formula is C21H37N. The van der Waals surface area contributed by atoms with Gasteiger partial charge in [-0.2, -0.15) is 5.26 Å². The molecule has 1 heteroatoms. The molecule has 22 heavy (non-hydrogen) atoms. The number of unbranched alkanes of at least 4 members (excludes halogenated alkanes) is 3. The standard InChI is InChI=1S/C21H37N/c1-3-4-5-6-7-17(2)19-12-14-21(15-13-19)20-10-8-18(16-22)9-11-20/h17-21H,3-15H2,1-2H3. The summed E-state index contributed by atoms with van der Waals surface area (Å²) in [7, 11) is 0. The molecule has 0 aromatic rings. The molecule has 2 rings (SSSR count). The second kappa shape index (κ2) is 9.59. The van der Waals surface area contributed by atoms with Gasteiger partial charge in [0.2, 0.25) is 0 Å². The predicted molar refractivity (Wildman–Crippen MR) is 94.4 cm³/mol. The van der Waals surface area contributed by atoms with Crippen LogP contribution in [0.4, 0.5) is 0 Å². The Labute approximate surface area is 138 Å². The molecule has 0 amide bonds. The first-order chi connectivity index (χ1) is 10.7. The Morgan fingerprint density at radius 2 is 1.45 bits per heavy atom. The van der Waals surface area contributed by atoms with E-state index in [4.69, 9.17) is 5.26 Å². The van der Waals surface area contributed by atoms with Crippen molar-refractivity contribution < 1.29 is 0 Å². The van der Waals surface area contributed by atoms with Crippen LogP contribution in [-0.4, -0.2) is 0 Å². The van der Waals surface area contributed by atoms with Crippen LogP contribution in [0.15, 0.2) is 0 Å². The van der Waals surface area contributed by atoms with Gasteiger partial charge in [0.1, 0.15) is 0 Å². The van der Waals surface area contributed by atoms with Gasteiger partial charge in [-0.25, -0.2) is 0 Å². The zero-order valence-corrected chi connectivity index (χ0v) is 15.0. The van der Waals surface area contributed by atoms with Gasteiger partial charge < -0.3 is 0 Å². The fraction of sp³-hybridized carbons (Fsp3) is 0.952. The van der Waals surface area contributed by atoms with E-state index in [-0.39, 0.29) is 0 Å². The molecule has 126 valence electrons. The highest BCUT2D eigenvalue weighted by molar-refractivity contribution is 4.89. The largest absolute Gasteiger partial charge is 0.198 e. The van der Waals surface area contributed by atoms with Crippen LogP contribution >= 0.6 is 0 Å². The van der Waals surface area contributed by atoms with Crippen LogP contribution in [0.25, 0.3) is 0 Å². The summed E-state index contributed by atoms with van der Waals surface area (Å²) < 4.78 is 0. The van der Waals surface area contributed by atoms with E-state index < -0.39 is 0 Å². The Hall–Kier alpha value is -0.510. The third-order valence-corrected chi connectivity index (χ3v) is 6.76. The van der Waals surface area contributed by atoms with Crippen LogP contribution in [0.2, 0.25) is 0 Å². The Morgan fingerprint density at radius 3 is 2.00 bits per heavy atom. The van der Waals surface area contributed by atoms with E-state index in [1.807, 2.05) is 0 Å². The molecule has 0 aliphatic heterocycles. The highest BCUT2D eigenvalue weighted by Gasteiger charge is 2.32. The molecule has 0 heterocycles. The van der Waals surface area contributed by atoms with E-state index >= 15 is 0 Å². The third kappa shape index (κ3) is 5.29. The summed E-state index contributed by atoms with van der Waals surface area (Å²) in [5.41, 5.74) is 0. The molecule has 0 spiro atoms. The summed E-state index contributed by atoms with van der Waals surface area (Å²) in [6, 6.07) is 2.48. The molecular weight excluding hydrogens is 266 g/mol. The summed E-state index contributed by atoms with van der Waals surface area (Å²) >= 11 is 0. The van der Waals surface area contributed by atoms with Crippen molar-refractivity contribution in [2.75, 3.05) is 0 Å². The van der Waals surface area contributed by atoms with Gasteiger partial charge in [-0.1, -0.05) is 46.0 Å².